The molecule has 0 radical (unpaired) electrons. The summed E-state index contributed by atoms with van der Waals surface area (Å²) < 4.78 is 0. The van der Waals surface area contributed by atoms with Gasteiger partial charge in [0.25, 0.3) is 0 Å². The smallest absolute Gasteiger partial charge is 0.335 e. The van der Waals surface area contributed by atoms with Crippen LogP contribution in [-0.2, 0) is 22.2 Å². The summed E-state index contributed by atoms with van der Waals surface area (Å²) in [6.45, 7) is 4.37. The Hall–Kier alpha value is -4.17. The summed E-state index contributed by atoms with van der Waals surface area (Å²) in [5.41, 5.74) is 3.00. The van der Waals surface area contributed by atoms with Gasteiger partial charge in [-0.25, -0.2) is 4.79 Å². The maximum Gasteiger partial charge on any atom is 0.335 e. The van der Waals surface area contributed by atoms with Gasteiger partial charge in [0.1, 0.15) is 0 Å². The third kappa shape index (κ3) is 2.56. The summed E-state index contributed by atoms with van der Waals surface area (Å²) in [5, 5.41) is 18.5. The molecule has 5 nitrogen and oxygen atoms in total. The Balaban J connectivity index is 1.58. The minimum atomic E-state index is -0.995. The van der Waals surface area contributed by atoms with Gasteiger partial charge in [-0.1, -0.05) is 48.5 Å². The van der Waals surface area contributed by atoms with Gasteiger partial charge in [-0.05, 0) is 53.4 Å². The van der Waals surface area contributed by atoms with Crippen LogP contribution in [0.3, 0.4) is 0 Å². The lowest BCUT2D eigenvalue weighted by molar-refractivity contribution is -0.120. The largest absolute Gasteiger partial charge is 0.478 e. The fourth-order valence-corrected chi connectivity index (χ4v) is 5.20. The highest BCUT2D eigenvalue weighted by Gasteiger charge is 2.75. The van der Waals surface area contributed by atoms with E-state index in [1.165, 1.54) is 0 Å². The SMILES string of the molecule is C=CC1(c2ccc(C#N)cc2)CC12C(=O)N(Cc1cccc(C(=O)O)c1)c1ccccc12. The fourth-order valence-electron chi connectivity index (χ4n) is 5.20. The molecule has 156 valence electrons. The summed E-state index contributed by atoms with van der Waals surface area (Å²) in [6, 6.07) is 24.0. The molecule has 1 heterocycles. The van der Waals surface area contributed by atoms with E-state index in [2.05, 4.69) is 12.6 Å². The standard InChI is InChI=1S/C27H20N2O3/c1-2-26(21-12-10-18(15-28)11-13-21)17-27(26)22-8-3-4-9-23(22)29(25(27)32)16-19-6-5-7-20(14-19)24(30)31/h2-14H,1,16-17H2,(H,30,31). The van der Waals surface area contributed by atoms with Crippen molar-refractivity contribution < 1.29 is 14.7 Å². The Morgan fingerprint density at radius 2 is 1.88 bits per heavy atom. The van der Waals surface area contributed by atoms with Crippen molar-refractivity contribution in [1.29, 1.82) is 5.26 Å². The number of fused-ring (bicyclic) bond motifs is 2. The van der Waals surface area contributed by atoms with Crippen molar-refractivity contribution in [3.05, 3.63) is 113 Å². The van der Waals surface area contributed by atoms with Gasteiger partial charge in [-0.2, -0.15) is 5.26 Å². The first-order valence-electron chi connectivity index (χ1n) is 10.3. The highest BCUT2D eigenvalue weighted by atomic mass is 16.4. The van der Waals surface area contributed by atoms with E-state index in [1.807, 2.05) is 48.5 Å². The van der Waals surface area contributed by atoms with Crippen molar-refractivity contribution in [3.63, 3.8) is 0 Å². The van der Waals surface area contributed by atoms with Gasteiger partial charge in [0.2, 0.25) is 5.91 Å². The van der Waals surface area contributed by atoms with Crippen molar-refractivity contribution in [2.24, 2.45) is 0 Å². The molecular weight excluding hydrogens is 400 g/mol. The van der Waals surface area contributed by atoms with Crippen molar-refractivity contribution in [2.75, 3.05) is 4.90 Å². The molecule has 1 amide bonds. The highest BCUT2D eigenvalue weighted by molar-refractivity contribution is 6.12. The van der Waals surface area contributed by atoms with E-state index < -0.39 is 16.8 Å². The molecule has 1 saturated carbocycles. The molecule has 1 N–H and O–H groups in total. The molecule has 5 rings (SSSR count). The molecule has 5 heteroatoms. The highest BCUT2D eigenvalue weighted by Crippen LogP contribution is 2.71. The number of carboxylic acid groups (broad SMARTS) is 1. The average Bonchev–Trinajstić information content (AvgIpc) is 3.48. The third-order valence-corrected chi connectivity index (χ3v) is 6.84. The number of allylic oxidation sites excluding steroid dienone is 1. The molecule has 2 unspecified atom stereocenters. The molecule has 3 aromatic carbocycles. The van der Waals surface area contributed by atoms with E-state index in [9.17, 15) is 14.7 Å². The van der Waals surface area contributed by atoms with Crippen LogP contribution in [0.15, 0.2) is 85.5 Å². The number of anilines is 1. The molecule has 1 spiro atoms. The number of benzene rings is 3. The minimum Gasteiger partial charge on any atom is -0.478 e. The average molecular weight is 420 g/mol. The minimum absolute atomic E-state index is 0.0105. The van der Waals surface area contributed by atoms with Crippen LogP contribution in [0.5, 0.6) is 0 Å². The van der Waals surface area contributed by atoms with Crippen LogP contribution >= 0.6 is 0 Å². The van der Waals surface area contributed by atoms with Gasteiger partial charge >= 0.3 is 5.97 Å². The predicted octanol–water partition coefficient (Wildman–Crippen LogP) is 4.57. The van der Waals surface area contributed by atoms with Crippen LogP contribution in [-0.4, -0.2) is 17.0 Å². The quantitative estimate of drug-likeness (QED) is 0.613. The molecule has 1 aliphatic heterocycles. The van der Waals surface area contributed by atoms with E-state index in [0.717, 1.165) is 22.4 Å². The summed E-state index contributed by atoms with van der Waals surface area (Å²) in [5.74, 6) is -1.01. The summed E-state index contributed by atoms with van der Waals surface area (Å²) in [4.78, 5) is 27.1. The maximum absolute atomic E-state index is 14.0. The van der Waals surface area contributed by atoms with E-state index in [-0.39, 0.29) is 11.5 Å². The molecule has 1 fully saturated rings. The zero-order valence-electron chi connectivity index (χ0n) is 17.3. The van der Waals surface area contributed by atoms with Gasteiger partial charge < -0.3 is 10.0 Å². The molecule has 3 aromatic rings. The molecule has 2 atom stereocenters. The first-order valence-corrected chi connectivity index (χ1v) is 10.3. The first-order chi connectivity index (χ1) is 15.5. The number of hydrogen-bond acceptors (Lipinski definition) is 3. The number of carbonyl (C=O) groups excluding carboxylic acids is 1. The Morgan fingerprint density at radius 3 is 2.56 bits per heavy atom. The third-order valence-electron chi connectivity index (χ3n) is 6.84. The van der Waals surface area contributed by atoms with Gasteiger partial charge in [0.15, 0.2) is 0 Å². The lowest BCUT2D eigenvalue weighted by Crippen LogP contribution is -2.35. The predicted molar refractivity (Wildman–Crippen MR) is 120 cm³/mol. The number of aromatic carboxylic acids is 1. The van der Waals surface area contributed by atoms with Crippen molar-refractivity contribution >= 4 is 17.6 Å². The van der Waals surface area contributed by atoms with Crippen LogP contribution in [0.25, 0.3) is 0 Å². The Kier molecular flexibility index (Phi) is 4.28. The van der Waals surface area contributed by atoms with Crippen molar-refractivity contribution in [1.82, 2.24) is 0 Å². The fraction of sp³-hybridized carbons (Fsp3) is 0.148. The second-order valence-corrected chi connectivity index (χ2v) is 8.36. The number of carbonyl (C=O) groups is 2. The van der Waals surface area contributed by atoms with Gasteiger partial charge in [-0.15, -0.1) is 6.58 Å². The molecule has 0 saturated heterocycles. The van der Waals surface area contributed by atoms with Crippen LogP contribution in [0.2, 0.25) is 0 Å². The lowest BCUT2D eigenvalue weighted by Gasteiger charge is -2.21. The molecule has 2 aliphatic rings. The number of nitrogens with zero attached hydrogens (tertiary/aromatic N) is 2. The molecule has 1 aliphatic carbocycles. The Labute approximate surface area is 185 Å². The molecule has 0 bridgehead atoms. The zero-order chi connectivity index (χ0) is 22.5. The van der Waals surface area contributed by atoms with Crippen LogP contribution in [0.4, 0.5) is 5.69 Å². The summed E-state index contributed by atoms with van der Waals surface area (Å²) in [7, 11) is 0. The van der Waals surface area contributed by atoms with E-state index >= 15 is 0 Å². The number of carboxylic acids is 1. The normalized spacial score (nSPS) is 23.0. The zero-order valence-corrected chi connectivity index (χ0v) is 17.3. The van der Waals surface area contributed by atoms with Crippen LogP contribution < -0.4 is 4.90 Å². The number of nitriles is 1. The number of rotatable bonds is 5. The van der Waals surface area contributed by atoms with E-state index in [1.54, 1.807) is 35.2 Å². The first kappa shape index (κ1) is 19.8. The second kappa shape index (κ2) is 6.93. The Bertz CT molecular complexity index is 1320. The summed E-state index contributed by atoms with van der Waals surface area (Å²) >= 11 is 0. The second-order valence-electron chi connectivity index (χ2n) is 8.36. The van der Waals surface area contributed by atoms with E-state index in [0.29, 0.717) is 18.5 Å². The lowest BCUT2D eigenvalue weighted by atomic mass is 9.82. The maximum atomic E-state index is 14.0. The summed E-state index contributed by atoms with van der Waals surface area (Å²) in [6.07, 6.45) is 2.47. The van der Waals surface area contributed by atoms with Crippen molar-refractivity contribution in [2.45, 2.75) is 23.8 Å². The molecular formula is C27H20N2O3. The van der Waals surface area contributed by atoms with E-state index in [4.69, 9.17) is 5.26 Å². The topological polar surface area (TPSA) is 81.4 Å². The molecule has 0 aromatic heterocycles. The van der Waals surface area contributed by atoms with Gasteiger partial charge in [-0.3, -0.25) is 4.79 Å². The number of para-hydroxylation sites is 1. The van der Waals surface area contributed by atoms with Gasteiger partial charge in [0.05, 0.1) is 29.2 Å². The van der Waals surface area contributed by atoms with Crippen LogP contribution in [0.1, 0.15) is 39.0 Å². The van der Waals surface area contributed by atoms with Crippen LogP contribution in [0, 0.1) is 11.3 Å². The number of hydrogen-bond donors (Lipinski definition) is 1. The monoisotopic (exact) mass is 420 g/mol. The molecule has 32 heavy (non-hydrogen) atoms. The van der Waals surface area contributed by atoms with Gasteiger partial charge in [0, 0.05) is 11.1 Å². The Morgan fingerprint density at radius 1 is 1.12 bits per heavy atom. The number of amides is 1. The van der Waals surface area contributed by atoms with Crippen molar-refractivity contribution in [3.8, 4) is 6.07 Å².